The number of unbranched alkanes of at least 4 members (excludes halogenated alkanes) is 2. The molecule has 0 fully saturated rings. The fourth-order valence-electron chi connectivity index (χ4n) is 3.08. The molecule has 0 radical (unpaired) electrons. The second-order valence-corrected chi connectivity index (χ2v) is 6.73. The summed E-state index contributed by atoms with van der Waals surface area (Å²) in [5.41, 5.74) is 1.28. The Morgan fingerprint density at radius 2 is 1.59 bits per heavy atom. The van der Waals surface area contributed by atoms with Gasteiger partial charge < -0.3 is 19.3 Å². The van der Waals surface area contributed by atoms with E-state index in [4.69, 9.17) is 14.2 Å². The molecule has 0 aromatic heterocycles. The average Bonchev–Trinajstić information content (AvgIpc) is 2.73. The van der Waals surface area contributed by atoms with Gasteiger partial charge in [0.2, 0.25) is 0 Å². The number of aliphatic hydroxyl groups is 1. The molecule has 1 N–H and O–H groups in total. The number of benzene rings is 2. The Labute approximate surface area is 171 Å². The van der Waals surface area contributed by atoms with Crippen molar-refractivity contribution in [3.05, 3.63) is 48.0 Å². The maximum atomic E-state index is 12.0. The van der Waals surface area contributed by atoms with Gasteiger partial charge in [-0.1, -0.05) is 48.9 Å². The number of fused-ring (bicyclic) bond motifs is 1. The normalized spacial score (nSPS) is 13.1. The maximum absolute atomic E-state index is 12.0. The molecule has 2 aromatic carbocycles. The van der Waals surface area contributed by atoms with Crippen LogP contribution in [0.1, 0.15) is 38.7 Å². The lowest BCUT2D eigenvalue weighted by atomic mass is 10.0. The predicted molar refractivity (Wildman–Crippen MR) is 111 cm³/mol. The highest BCUT2D eigenvalue weighted by Crippen LogP contribution is 2.17. The molecular formula is C23H30O6. The van der Waals surface area contributed by atoms with E-state index in [0.29, 0.717) is 6.42 Å². The van der Waals surface area contributed by atoms with E-state index in [-0.39, 0.29) is 19.8 Å². The van der Waals surface area contributed by atoms with E-state index in [1.807, 2.05) is 12.1 Å². The van der Waals surface area contributed by atoms with Crippen LogP contribution in [0, 0.1) is 0 Å². The summed E-state index contributed by atoms with van der Waals surface area (Å²) in [4.78, 5) is 23.7. The van der Waals surface area contributed by atoms with Gasteiger partial charge in [-0.25, -0.2) is 9.59 Å². The molecule has 2 aromatic rings. The second kappa shape index (κ2) is 12.2. The molecule has 0 aliphatic carbocycles. The summed E-state index contributed by atoms with van der Waals surface area (Å²) in [5.74, 6) is -1.65. The summed E-state index contributed by atoms with van der Waals surface area (Å²) < 4.78 is 15.1. The first-order valence-corrected chi connectivity index (χ1v) is 10.2. The van der Waals surface area contributed by atoms with Crippen molar-refractivity contribution >= 4 is 22.7 Å². The zero-order valence-corrected chi connectivity index (χ0v) is 17.1. The maximum Gasteiger partial charge on any atom is 0.338 e. The highest BCUT2D eigenvalue weighted by Gasteiger charge is 2.35. The molecule has 0 heterocycles. The smallest absolute Gasteiger partial charge is 0.338 e. The van der Waals surface area contributed by atoms with Gasteiger partial charge in [0, 0.05) is 6.61 Å². The van der Waals surface area contributed by atoms with Gasteiger partial charge in [-0.3, -0.25) is 0 Å². The van der Waals surface area contributed by atoms with Crippen LogP contribution >= 0.6 is 0 Å². The van der Waals surface area contributed by atoms with Crippen LogP contribution < -0.4 is 0 Å². The number of aryl methyl sites for hydroxylation is 1. The fourth-order valence-corrected chi connectivity index (χ4v) is 3.08. The monoisotopic (exact) mass is 402 g/mol. The number of hydrogen-bond donors (Lipinski definition) is 1. The van der Waals surface area contributed by atoms with Crippen LogP contribution in [0.3, 0.4) is 0 Å². The van der Waals surface area contributed by atoms with Crippen LogP contribution in [0.2, 0.25) is 0 Å². The summed E-state index contributed by atoms with van der Waals surface area (Å²) in [6, 6.07) is 14.8. The topological polar surface area (TPSA) is 82.1 Å². The summed E-state index contributed by atoms with van der Waals surface area (Å²) in [7, 11) is 0. The molecule has 0 aliphatic rings. The minimum atomic E-state index is -1.69. The van der Waals surface area contributed by atoms with E-state index in [2.05, 4.69) is 30.3 Å². The quantitative estimate of drug-likeness (QED) is 0.433. The number of aliphatic hydroxyl groups excluding tert-OH is 1. The van der Waals surface area contributed by atoms with E-state index in [1.54, 1.807) is 13.8 Å². The van der Waals surface area contributed by atoms with Gasteiger partial charge in [0.25, 0.3) is 0 Å². The van der Waals surface area contributed by atoms with Crippen LogP contribution in [0.5, 0.6) is 0 Å². The van der Waals surface area contributed by atoms with E-state index < -0.39 is 24.1 Å². The minimum absolute atomic E-state index is 0.111. The molecule has 2 rings (SSSR count). The van der Waals surface area contributed by atoms with Crippen molar-refractivity contribution in [3.8, 4) is 0 Å². The Hall–Kier alpha value is -2.44. The van der Waals surface area contributed by atoms with Crippen LogP contribution in [0.4, 0.5) is 0 Å². The lowest BCUT2D eigenvalue weighted by molar-refractivity contribution is -0.177. The first-order valence-electron chi connectivity index (χ1n) is 10.2. The summed E-state index contributed by atoms with van der Waals surface area (Å²) in [6.07, 6.45) is 0.488. The highest BCUT2D eigenvalue weighted by molar-refractivity contribution is 5.85. The SMILES string of the molecule is CCOC(=O)[C@H](O)[C@@H](OCCCCCc1ccc2ccccc2c1)C(=O)OCC. The molecule has 6 nitrogen and oxygen atoms in total. The zero-order chi connectivity index (χ0) is 21.1. The van der Waals surface area contributed by atoms with E-state index in [9.17, 15) is 14.7 Å². The van der Waals surface area contributed by atoms with Gasteiger partial charge in [0.05, 0.1) is 13.2 Å². The van der Waals surface area contributed by atoms with Gasteiger partial charge in [-0.15, -0.1) is 0 Å². The molecule has 0 saturated heterocycles. The third kappa shape index (κ3) is 7.15. The van der Waals surface area contributed by atoms with Crippen LogP contribution in [-0.2, 0) is 30.2 Å². The summed E-state index contributed by atoms with van der Waals surface area (Å²) >= 11 is 0. The van der Waals surface area contributed by atoms with Crippen LogP contribution in [0.15, 0.2) is 42.5 Å². The number of carbonyl (C=O) groups is 2. The van der Waals surface area contributed by atoms with Gasteiger partial charge in [0.1, 0.15) is 0 Å². The van der Waals surface area contributed by atoms with E-state index >= 15 is 0 Å². The van der Waals surface area contributed by atoms with Crippen LogP contribution in [0.25, 0.3) is 10.8 Å². The zero-order valence-electron chi connectivity index (χ0n) is 17.1. The summed E-state index contributed by atoms with van der Waals surface area (Å²) in [5, 5.41) is 12.5. The van der Waals surface area contributed by atoms with E-state index in [1.165, 1.54) is 16.3 Å². The first-order chi connectivity index (χ1) is 14.1. The average molecular weight is 402 g/mol. The van der Waals surface area contributed by atoms with Crippen LogP contribution in [-0.4, -0.2) is 49.1 Å². The van der Waals surface area contributed by atoms with Crippen molar-refractivity contribution in [2.45, 2.75) is 51.7 Å². The number of carbonyl (C=O) groups excluding carboxylic acids is 2. The van der Waals surface area contributed by atoms with Gasteiger partial charge in [-0.05, 0) is 49.4 Å². The second-order valence-electron chi connectivity index (χ2n) is 6.73. The number of esters is 2. The lowest BCUT2D eigenvalue weighted by Crippen LogP contribution is -2.43. The standard InChI is InChI=1S/C23H30O6/c1-3-27-22(25)20(24)21(23(26)28-4-2)29-15-9-5-6-10-17-13-14-18-11-7-8-12-19(18)16-17/h7-8,11-14,16,20-21,24H,3-6,9-10,15H2,1-2H3/t20-,21-/m1/s1. The van der Waals surface area contributed by atoms with Crippen molar-refractivity contribution in [2.75, 3.05) is 19.8 Å². The molecule has 29 heavy (non-hydrogen) atoms. The highest BCUT2D eigenvalue weighted by atomic mass is 16.6. The lowest BCUT2D eigenvalue weighted by Gasteiger charge is -2.20. The molecule has 6 heteroatoms. The van der Waals surface area contributed by atoms with E-state index in [0.717, 1.165) is 19.3 Å². The molecule has 0 amide bonds. The van der Waals surface area contributed by atoms with Gasteiger partial charge in [-0.2, -0.15) is 0 Å². The Morgan fingerprint density at radius 3 is 2.31 bits per heavy atom. The van der Waals surface area contributed by atoms with Crippen molar-refractivity contribution < 1.29 is 28.9 Å². The van der Waals surface area contributed by atoms with Gasteiger partial charge in [0.15, 0.2) is 12.2 Å². The fraction of sp³-hybridized carbons (Fsp3) is 0.478. The molecular weight excluding hydrogens is 372 g/mol. The molecule has 2 atom stereocenters. The largest absolute Gasteiger partial charge is 0.464 e. The number of hydrogen-bond acceptors (Lipinski definition) is 6. The Balaban J connectivity index is 1.76. The van der Waals surface area contributed by atoms with Gasteiger partial charge >= 0.3 is 11.9 Å². The Bertz CT molecular complexity index is 788. The molecule has 0 unspecified atom stereocenters. The molecule has 0 aliphatic heterocycles. The molecule has 0 spiro atoms. The van der Waals surface area contributed by atoms with Crippen molar-refractivity contribution in [1.82, 2.24) is 0 Å². The summed E-state index contributed by atoms with van der Waals surface area (Å²) in [6.45, 7) is 3.77. The number of rotatable bonds is 12. The van der Waals surface area contributed by atoms with Crippen molar-refractivity contribution in [2.24, 2.45) is 0 Å². The third-order valence-electron chi connectivity index (χ3n) is 4.55. The molecule has 0 saturated carbocycles. The molecule has 158 valence electrons. The van der Waals surface area contributed by atoms with Crippen molar-refractivity contribution in [1.29, 1.82) is 0 Å². The first kappa shape index (κ1) is 22.8. The minimum Gasteiger partial charge on any atom is -0.464 e. The Morgan fingerprint density at radius 1 is 0.897 bits per heavy atom. The number of ether oxygens (including phenoxy) is 3. The Kier molecular flexibility index (Phi) is 9.60. The third-order valence-corrected chi connectivity index (χ3v) is 4.55. The predicted octanol–water partition coefficient (Wildman–Crippen LogP) is 3.42. The molecule has 0 bridgehead atoms. The van der Waals surface area contributed by atoms with Crippen molar-refractivity contribution in [3.63, 3.8) is 0 Å².